The van der Waals surface area contributed by atoms with E-state index in [0.29, 0.717) is 26.8 Å². The number of carbonyl (C=O) groups is 2. The van der Waals surface area contributed by atoms with Crippen LogP contribution >= 0.6 is 0 Å². The van der Waals surface area contributed by atoms with Gasteiger partial charge in [0.15, 0.2) is 0 Å². The molecular formula is C27H36B2N2O2. The second-order valence-corrected chi connectivity index (χ2v) is 11.3. The minimum Gasteiger partial charge on any atom is -0.421 e. The lowest BCUT2D eigenvalue weighted by molar-refractivity contribution is 0.0766. The predicted octanol–water partition coefficient (Wildman–Crippen LogP) is 6.03. The monoisotopic (exact) mass is 442 g/mol. The predicted molar refractivity (Wildman–Crippen MR) is 140 cm³/mol. The number of rotatable bonds is 0. The van der Waals surface area contributed by atoms with E-state index < -0.39 is 11.8 Å². The second kappa shape index (κ2) is 11.4. The van der Waals surface area contributed by atoms with Crippen LogP contribution < -0.4 is 0 Å². The Bertz CT molecular complexity index is 929. The van der Waals surface area contributed by atoms with Crippen molar-refractivity contribution in [2.75, 3.05) is 0 Å². The summed E-state index contributed by atoms with van der Waals surface area (Å²) in [5, 5.41) is 0. The molecule has 2 aromatic carbocycles. The minimum atomic E-state index is -0.435. The Kier molecular flexibility index (Phi) is 9.77. The van der Waals surface area contributed by atoms with Gasteiger partial charge in [0.05, 0.1) is 11.1 Å². The molecule has 0 unspecified atom stereocenters. The summed E-state index contributed by atoms with van der Waals surface area (Å²) in [4.78, 5) is 24.7. The maximum absolute atomic E-state index is 11.2. The van der Waals surface area contributed by atoms with Crippen molar-refractivity contribution in [3.05, 3.63) is 77.4 Å². The van der Waals surface area contributed by atoms with Crippen molar-refractivity contribution in [1.82, 2.24) is 9.62 Å². The van der Waals surface area contributed by atoms with E-state index in [1.165, 1.54) is 11.1 Å². The fourth-order valence-corrected chi connectivity index (χ4v) is 2.58. The molecule has 2 heterocycles. The van der Waals surface area contributed by atoms with Gasteiger partial charge < -0.3 is 9.62 Å². The summed E-state index contributed by atoms with van der Waals surface area (Å²) < 4.78 is 0. The lowest BCUT2D eigenvalue weighted by Crippen LogP contribution is -2.26. The van der Waals surface area contributed by atoms with Crippen LogP contribution in [0.2, 0.25) is 0 Å². The van der Waals surface area contributed by atoms with Crippen molar-refractivity contribution in [3.63, 3.8) is 0 Å². The summed E-state index contributed by atoms with van der Waals surface area (Å²) in [7, 11) is 10.9. The summed E-state index contributed by atoms with van der Waals surface area (Å²) in [5.74, 6) is -0.869. The van der Waals surface area contributed by atoms with Crippen molar-refractivity contribution in [1.29, 1.82) is 0 Å². The van der Waals surface area contributed by atoms with Gasteiger partial charge >= 0.3 is 0 Å². The Balaban J connectivity index is 0.000000239. The minimum absolute atomic E-state index is 0.380. The quantitative estimate of drug-likeness (QED) is 0.370. The van der Waals surface area contributed by atoms with Gasteiger partial charge in [-0.15, -0.1) is 0 Å². The highest BCUT2D eigenvalue weighted by atomic mass is 16.2. The van der Waals surface area contributed by atoms with E-state index in [4.69, 9.17) is 16.0 Å². The normalized spacial score (nSPS) is 14.2. The number of hydrogen-bond acceptors (Lipinski definition) is 3. The lowest BCUT2D eigenvalue weighted by Gasteiger charge is -2.10. The Morgan fingerprint density at radius 2 is 1.03 bits per heavy atom. The molecule has 2 amide bonds. The molecule has 0 saturated heterocycles. The molecule has 172 valence electrons. The fourth-order valence-electron chi connectivity index (χ4n) is 2.58. The van der Waals surface area contributed by atoms with Crippen LogP contribution in [-0.2, 0) is 6.54 Å². The molecule has 0 bridgehead atoms. The molecule has 4 rings (SSSR count). The molecule has 0 atom stereocenters. The smallest absolute Gasteiger partial charge is 0.248 e. The first kappa shape index (κ1) is 28.3. The van der Waals surface area contributed by atoms with Gasteiger partial charge in [-0.2, -0.15) is 0 Å². The fraction of sp³-hybridized carbons (Fsp3) is 0.407. The van der Waals surface area contributed by atoms with E-state index in [2.05, 4.69) is 68.0 Å². The van der Waals surface area contributed by atoms with Crippen LogP contribution in [0.1, 0.15) is 87.2 Å². The molecule has 0 aliphatic carbocycles. The van der Waals surface area contributed by atoms with E-state index in [0.717, 1.165) is 12.2 Å². The first-order valence-corrected chi connectivity index (χ1v) is 11.0. The average Bonchev–Trinajstić information content (AvgIpc) is 3.09. The molecule has 0 aromatic heterocycles. The number of carbonyl (C=O) groups excluding carboxylic acids is 2. The van der Waals surface area contributed by atoms with Gasteiger partial charge in [-0.05, 0) is 28.5 Å². The molecular weight excluding hydrogens is 406 g/mol. The van der Waals surface area contributed by atoms with Crippen LogP contribution in [0.25, 0.3) is 5.70 Å². The molecule has 6 heteroatoms. The van der Waals surface area contributed by atoms with Gasteiger partial charge in [-0.25, -0.2) is 0 Å². The standard InChI is InChI=1S/C9H8BN.C8H4BNO2.2C5H12/c1-7-9-5-3-2-4-8(9)6-11(7)10;9-10-7(11)5-3-1-2-4-6(5)8(10)12;2*1-5(2,3)4/h2-5H,1,6H2;1-4H;2*1-4H3. The number of amides is 2. The topological polar surface area (TPSA) is 40.6 Å². The van der Waals surface area contributed by atoms with Gasteiger partial charge in [0, 0.05) is 17.8 Å². The number of nitrogens with zero attached hydrogens (tertiary/aromatic N) is 2. The number of benzene rings is 2. The highest BCUT2D eigenvalue weighted by Crippen LogP contribution is 2.28. The molecule has 33 heavy (non-hydrogen) atoms. The van der Waals surface area contributed by atoms with E-state index in [1.807, 2.05) is 18.2 Å². The zero-order valence-electron chi connectivity index (χ0n) is 21.4. The summed E-state index contributed by atoms with van der Waals surface area (Å²) in [5.41, 5.74) is 5.12. The molecule has 0 saturated carbocycles. The molecule has 0 N–H and O–H groups in total. The van der Waals surface area contributed by atoms with Crippen molar-refractivity contribution in [2.45, 2.75) is 61.9 Å². The van der Waals surface area contributed by atoms with Crippen LogP contribution in [-0.4, -0.2) is 37.4 Å². The van der Waals surface area contributed by atoms with Crippen molar-refractivity contribution < 1.29 is 9.59 Å². The molecule has 0 fully saturated rings. The first-order valence-electron chi connectivity index (χ1n) is 11.0. The maximum Gasteiger partial charge on any atom is 0.248 e. The number of fused-ring (bicyclic) bond motifs is 2. The molecule has 0 spiro atoms. The molecule has 4 nitrogen and oxygen atoms in total. The third kappa shape index (κ3) is 9.73. The van der Waals surface area contributed by atoms with E-state index in [-0.39, 0.29) is 0 Å². The zero-order valence-corrected chi connectivity index (χ0v) is 21.4. The van der Waals surface area contributed by atoms with Gasteiger partial charge in [-0.1, -0.05) is 98.4 Å². The Hall–Kier alpha value is -2.75. The summed E-state index contributed by atoms with van der Waals surface area (Å²) in [6.07, 6.45) is 0. The van der Waals surface area contributed by atoms with E-state index in [9.17, 15) is 9.59 Å². The highest BCUT2D eigenvalue weighted by Gasteiger charge is 2.31. The molecule has 2 aromatic rings. The van der Waals surface area contributed by atoms with Crippen molar-refractivity contribution >= 4 is 33.5 Å². The largest absolute Gasteiger partial charge is 0.421 e. The van der Waals surface area contributed by atoms with Crippen LogP contribution in [0, 0.1) is 10.8 Å². The van der Waals surface area contributed by atoms with Gasteiger partial charge in [0.2, 0.25) is 27.8 Å². The van der Waals surface area contributed by atoms with Gasteiger partial charge in [-0.3, -0.25) is 9.59 Å². The summed E-state index contributed by atoms with van der Waals surface area (Å²) in [6.45, 7) is 22.2. The van der Waals surface area contributed by atoms with Crippen LogP contribution in [0.4, 0.5) is 0 Å². The summed E-state index contributed by atoms with van der Waals surface area (Å²) >= 11 is 0. The van der Waals surface area contributed by atoms with Crippen LogP contribution in [0.5, 0.6) is 0 Å². The average molecular weight is 442 g/mol. The molecule has 2 aliphatic rings. The van der Waals surface area contributed by atoms with E-state index in [1.54, 1.807) is 29.1 Å². The van der Waals surface area contributed by atoms with Crippen molar-refractivity contribution in [2.24, 2.45) is 10.8 Å². The van der Waals surface area contributed by atoms with Gasteiger partial charge in [0.1, 0.15) is 0 Å². The number of imide groups is 1. The lowest BCUT2D eigenvalue weighted by atomic mass is 10.0. The van der Waals surface area contributed by atoms with Crippen LogP contribution in [0.15, 0.2) is 55.1 Å². The second-order valence-electron chi connectivity index (χ2n) is 11.3. The zero-order chi connectivity index (χ0) is 25.6. The maximum atomic E-state index is 11.2. The molecule has 2 aliphatic heterocycles. The SMILES string of the molecule is CC(C)(C)C.CC(C)(C)C.[B]N1C(=O)c2ccccc2C1=O.[B]N1Cc2ccccc2C1=C. The highest BCUT2D eigenvalue weighted by molar-refractivity contribution is 6.36. The third-order valence-electron chi connectivity index (χ3n) is 3.84. The van der Waals surface area contributed by atoms with Crippen LogP contribution in [0.3, 0.4) is 0 Å². The molecule has 4 radical (unpaired) electrons. The third-order valence-corrected chi connectivity index (χ3v) is 3.84. The van der Waals surface area contributed by atoms with Gasteiger partial charge in [0.25, 0.3) is 0 Å². The number of hydrogen-bond donors (Lipinski definition) is 0. The Labute approximate surface area is 202 Å². The Morgan fingerprint density at radius 1 is 0.697 bits per heavy atom. The first-order chi connectivity index (χ1) is 15.0. The summed E-state index contributed by atoms with van der Waals surface area (Å²) in [6, 6.07) is 14.7. The van der Waals surface area contributed by atoms with E-state index >= 15 is 0 Å². The van der Waals surface area contributed by atoms with Crippen molar-refractivity contribution in [3.8, 4) is 0 Å². The Morgan fingerprint density at radius 3 is 1.39 bits per heavy atom.